The first kappa shape index (κ1) is 23.1. The van der Waals surface area contributed by atoms with E-state index in [9.17, 15) is 14.4 Å². The van der Waals surface area contributed by atoms with Gasteiger partial charge in [0.2, 0.25) is 0 Å². The van der Waals surface area contributed by atoms with Crippen molar-refractivity contribution in [2.24, 2.45) is 0 Å². The van der Waals surface area contributed by atoms with Crippen molar-refractivity contribution < 1.29 is 23.5 Å². The van der Waals surface area contributed by atoms with Crippen molar-refractivity contribution in [1.29, 1.82) is 0 Å². The smallest absolute Gasteiger partial charge is 0.331 e. The van der Waals surface area contributed by atoms with E-state index in [1.165, 1.54) is 17.9 Å². The summed E-state index contributed by atoms with van der Waals surface area (Å²) in [5.74, 6) is 0.337. The molecule has 1 atom stereocenters. The molecular formula is C26H27N3O5. The fourth-order valence-corrected chi connectivity index (χ4v) is 3.70. The molecule has 4 rings (SSSR count). The summed E-state index contributed by atoms with van der Waals surface area (Å²) < 4.78 is 13.0. The number of nitrogens with zero attached hydrogens (tertiary/aromatic N) is 2. The zero-order valence-corrected chi connectivity index (χ0v) is 19.2. The molecule has 0 bridgehead atoms. The minimum Gasteiger partial charge on any atom is -0.492 e. The molecule has 1 fully saturated rings. The summed E-state index contributed by atoms with van der Waals surface area (Å²) in [4.78, 5) is 38.4. The molecule has 3 heterocycles. The largest absolute Gasteiger partial charge is 0.492 e. The molecule has 1 N–H and O–H groups in total. The van der Waals surface area contributed by atoms with Crippen LogP contribution in [0.2, 0.25) is 0 Å². The van der Waals surface area contributed by atoms with Crippen LogP contribution >= 0.6 is 0 Å². The van der Waals surface area contributed by atoms with E-state index < -0.39 is 17.8 Å². The molecule has 0 spiro atoms. The molecule has 0 saturated carbocycles. The standard InChI is InChI=1S/C26H27N3O5/c1-3-18(2)19-8-10-21(11-9-19)34-15-13-28-12-4-6-20(28)16-23-24(30)27-26(32)29(25(23)31)17-22-7-5-14-33-22/h4-12,14,16,18H,3,13,15,17H2,1-2H3,(H,27,30,32)/b23-16-/t18-/m0/s1. The van der Waals surface area contributed by atoms with Gasteiger partial charge in [-0.15, -0.1) is 0 Å². The van der Waals surface area contributed by atoms with Crippen LogP contribution in [-0.2, 0) is 22.7 Å². The third kappa shape index (κ3) is 5.11. The van der Waals surface area contributed by atoms with E-state index in [1.54, 1.807) is 18.2 Å². The number of rotatable bonds is 9. The predicted molar refractivity (Wildman–Crippen MR) is 126 cm³/mol. The summed E-state index contributed by atoms with van der Waals surface area (Å²) in [5.41, 5.74) is 1.82. The Morgan fingerprint density at radius 2 is 1.88 bits per heavy atom. The van der Waals surface area contributed by atoms with Gasteiger partial charge in [0.15, 0.2) is 0 Å². The molecule has 2 aromatic heterocycles. The number of hydrogen-bond acceptors (Lipinski definition) is 5. The molecule has 0 radical (unpaired) electrons. The maximum atomic E-state index is 12.9. The molecule has 8 heteroatoms. The molecule has 34 heavy (non-hydrogen) atoms. The molecule has 0 aliphatic carbocycles. The van der Waals surface area contributed by atoms with Gasteiger partial charge in [-0.1, -0.05) is 26.0 Å². The van der Waals surface area contributed by atoms with E-state index in [4.69, 9.17) is 9.15 Å². The van der Waals surface area contributed by atoms with E-state index in [2.05, 4.69) is 31.3 Å². The van der Waals surface area contributed by atoms with Gasteiger partial charge in [-0.25, -0.2) is 4.79 Å². The quantitative estimate of drug-likeness (QED) is 0.378. The number of furan rings is 1. The predicted octanol–water partition coefficient (Wildman–Crippen LogP) is 4.34. The highest BCUT2D eigenvalue weighted by atomic mass is 16.5. The van der Waals surface area contributed by atoms with E-state index in [-0.39, 0.29) is 12.1 Å². The van der Waals surface area contributed by atoms with Gasteiger partial charge in [-0.2, -0.15) is 0 Å². The molecule has 1 aliphatic rings. The highest BCUT2D eigenvalue weighted by molar-refractivity contribution is 6.30. The average Bonchev–Trinajstić information content (AvgIpc) is 3.51. The van der Waals surface area contributed by atoms with Crippen molar-refractivity contribution in [3.05, 3.63) is 83.6 Å². The van der Waals surface area contributed by atoms with E-state index in [0.717, 1.165) is 17.1 Å². The second-order valence-corrected chi connectivity index (χ2v) is 8.14. The van der Waals surface area contributed by atoms with Gasteiger partial charge in [-0.05, 0) is 60.4 Å². The van der Waals surface area contributed by atoms with Crippen LogP contribution in [0.5, 0.6) is 5.75 Å². The van der Waals surface area contributed by atoms with Gasteiger partial charge >= 0.3 is 6.03 Å². The second-order valence-electron chi connectivity index (χ2n) is 8.14. The van der Waals surface area contributed by atoms with Crippen molar-refractivity contribution in [1.82, 2.24) is 14.8 Å². The Morgan fingerprint density at radius 1 is 1.09 bits per heavy atom. The van der Waals surface area contributed by atoms with Crippen LogP contribution in [0.25, 0.3) is 6.08 Å². The number of carbonyl (C=O) groups is 3. The Morgan fingerprint density at radius 3 is 2.59 bits per heavy atom. The molecule has 1 aliphatic heterocycles. The fourth-order valence-electron chi connectivity index (χ4n) is 3.70. The fraction of sp³-hybridized carbons (Fsp3) is 0.269. The lowest BCUT2D eigenvalue weighted by atomic mass is 9.99. The number of urea groups is 1. The van der Waals surface area contributed by atoms with Gasteiger partial charge in [0.05, 0.1) is 19.4 Å². The summed E-state index contributed by atoms with van der Waals surface area (Å²) in [6, 6.07) is 14.3. The van der Waals surface area contributed by atoms with Crippen molar-refractivity contribution in [3.63, 3.8) is 0 Å². The maximum Gasteiger partial charge on any atom is 0.331 e. The molecule has 176 valence electrons. The molecule has 1 aromatic carbocycles. The normalized spacial score (nSPS) is 16.1. The molecule has 4 amide bonds. The lowest BCUT2D eigenvalue weighted by Gasteiger charge is -2.25. The zero-order chi connectivity index (χ0) is 24.1. The summed E-state index contributed by atoms with van der Waals surface area (Å²) in [6.45, 7) is 5.23. The van der Waals surface area contributed by atoms with Crippen molar-refractivity contribution in [2.45, 2.75) is 39.3 Å². The first-order chi connectivity index (χ1) is 16.5. The number of amides is 4. The Balaban J connectivity index is 1.42. The minimum absolute atomic E-state index is 0.0625. The summed E-state index contributed by atoms with van der Waals surface area (Å²) in [5, 5.41) is 2.22. The average molecular weight is 462 g/mol. The lowest BCUT2D eigenvalue weighted by molar-refractivity contribution is -0.130. The van der Waals surface area contributed by atoms with Crippen molar-refractivity contribution in [2.75, 3.05) is 6.61 Å². The molecular weight excluding hydrogens is 434 g/mol. The molecule has 8 nitrogen and oxygen atoms in total. The highest BCUT2D eigenvalue weighted by Crippen LogP contribution is 2.22. The Kier molecular flexibility index (Phi) is 6.96. The van der Waals surface area contributed by atoms with Gasteiger partial charge in [0.25, 0.3) is 11.8 Å². The number of carbonyl (C=O) groups excluding carboxylic acids is 3. The van der Waals surface area contributed by atoms with Gasteiger partial charge in [0.1, 0.15) is 23.7 Å². The van der Waals surface area contributed by atoms with E-state index in [0.29, 0.717) is 30.5 Å². The maximum absolute atomic E-state index is 12.9. The highest BCUT2D eigenvalue weighted by Gasteiger charge is 2.36. The summed E-state index contributed by atoms with van der Waals surface area (Å²) in [6.07, 6.45) is 5.87. The molecule has 3 aromatic rings. The van der Waals surface area contributed by atoms with Crippen LogP contribution in [0.1, 0.15) is 43.2 Å². The number of aromatic nitrogens is 1. The molecule has 0 unspecified atom stereocenters. The monoisotopic (exact) mass is 461 g/mol. The third-order valence-corrected chi connectivity index (χ3v) is 5.90. The number of barbiturate groups is 1. The van der Waals surface area contributed by atoms with Crippen LogP contribution < -0.4 is 10.1 Å². The Labute approximate surface area is 197 Å². The van der Waals surface area contributed by atoms with Crippen molar-refractivity contribution in [3.8, 4) is 5.75 Å². The SMILES string of the molecule is CC[C@H](C)c1ccc(OCCn2cccc2/C=C2/C(=O)NC(=O)N(Cc3ccco3)C2=O)cc1. The van der Waals surface area contributed by atoms with Gasteiger partial charge < -0.3 is 13.7 Å². The van der Waals surface area contributed by atoms with Crippen LogP contribution in [0.4, 0.5) is 4.79 Å². The minimum atomic E-state index is -0.772. The number of ether oxygens (including phenoxy) is 1. The number of hydrogen-bond donors (Lipinski definition) is 1. The summed E-state index contributed by atoms with van der Waals surface area (Å²) >= 11 is 0. The first-order valence-electron chi connectivity index (χ1n) is 11.3. The topological polar surface area (TPSA) is 93.8 Å². The lowest BCUT2D eigenvalue weighted by Crippen LogP contribution is -2.53. The van der Waals surface area contributed by atoms with Crippen LogP contribution in [-0.4, -0.2) is 33.9 Å². The van der Waals surface area contributed by atoms with E-state index >= 15 is 0 Å². The van der Waals surface area contributed by atoms with Crippen LogP contribution in [0.3, 0.4) is 0 Å². The number of nitrogens with one attached hydrogen (secondary N) is 1. The van der Waals surface area contributed by atoms with E-state index in [1.807, 2.05) is 29.0 Å². The first-order valence-corrected chi connectivity index (χ1v) is 11.3. The Hall–Kier alpha value is -4.07. The summed E-state index contributed by atoms with van der Waals surface area (Å²) in [7, 11) is 0. The molecule has 1 saturated heterocycles. The number of benzene rings is 1. The third-order valence-electron chi connectivity index (χ3n) is 5.90. The second kappa shape index (κ2) is 10.2. The van der Waals surface area contributed by atoms with Crippen LogP contribution in [0, 0.1) is 0 Å². The van der Waals surface area contributed by atoms with Crippen molar-refractivity contribution >= 4 is 23.9 Å². The Bertz CT molecular complexity index is 1190. The van der Waals surface area contributed by atoms with Crippen LogP contribution in [0.15, 0.2) is 71.0 Å². The number of imide groups is 2. The zero-order valence-electron chi connectivity index (χ0n) is 19.2. The van der Waals surface area contributed by atoms with Gasteiger partial charge in [-0.3, -0.25) is 19.8 Å². The van der Waals surface area contributed by atoms with Gasteiger partial charge in [0, 0.05) is 11.9 Å².